The number of nitrogens with one attached hydrogen (secondary N) is 3. The fourth-order valence-electron chi connectivity index (χ4n) is 2.35. The first-order chi connectivity index (χ1) is 13.5. The van der Waals surface area contributed by atoms with E-state index in [0.717, 1.165) is 18.4 Å². The van der Waals surface area contributed by atoms with Crippen molar-refractivity contribution in [2.75, 3.05) is 11.9 Å². The number of anilines is 1. The van der Waals surface area contributed by atoms with Crippen LogP contribution in [0.3, 0.4) is 0 Å². The molecule has 0 radical (unpaired) electrons. The molecule has 0 aliphatic rings. The van der Waals surface area contributed by atoms with Crippen LogP contribution in [-0.2, 0) is 4.79 Å². The van der Waals surface area contributed by atoms with Gasteiger partial charge in [-0.2, -0.15) is 0 Å². The molecule has 2 amide bonds. The molecule has 0 fully saturated rings. The zero-order chi connectivity index (χ0) is 20.4. The summed E-state index contributed by atoms with van der Waals surface area (Å²) in [7, 11) is 0. The van der Waals surface area contributed by atoms with Crippen LogP contribution >= 0.6 is 23.8 Å². The molecule has 2 aromatic rings. The molecule has 5 nitrogen and oxygen atoms in total. The van der Waals surface area contributed by atoms with Gasteiger partial charge in [-0.1, -0.05) is 55.3 Å². The van der Waals surface area contributed by atoms with Crippen LogP contribution < -0.4 is 16.0 Å². The maximum atomic E-state index is 12.3. The van der Waals surface area contributed by atoms with Crippen molar-refractivity contribution in [3.63, 3.8) is 0 Å². The number of hydrogen-bond donors (Lipinski definition) is 3. The van der Waals surface area contributed by atoms with Gasteiger partial charge in [-0.05, 0) is 48.5 Å². The number of amides is 2. The van der Waals surface area contributed by atoms with Crippen molar-refractivity contribution in [3.8, 4) is 0 Å². The third-order valence-corrected chi connectivity index (χ3v) is 4.34. The average Bonchev–Trinajstić information content (AvgIpc) is 2.67. The molecule has 0 saturated carbocycles. The smallest absolute Gasteiger partial charge is 0.253 e. The molecule has 0 unspecified atom stereocenters. The molecule has 3 N–H and O–H groups in total. The highest BCUT2D eigenvalue weighted by Gasteiger charge is 2.12. The Morgan fingerprint density at radius 2 is 1.82 bits per heavy atom. The van der Waals surface area contributed by atoms with Gasteiger partial charge in [0, 0.05) is 17.6 Å². The molecular formula is C21H22ClN3O2S. The summed E-state index contributed by atoms with van der Waals surface area (Å²) in [6, 6.07) is 14.2. The number of para-hydroxylation sites is 1. The second-order valence-corrected chi connectivity index (χ2v) is 6.77. The summed E-state index contributed by atoms with van der Waals surface area (Å²) in [5, 5.41) is 8.97. The number of hydrogen-bond acceptors (Lipinski definition) is 3. The second kappa shape index (κ2) is 11.2. The molecule has 7 heteroatoms. The van der Waals surface area contributed by atoms with Crippen molar-refractivity contribution in [1.29, 1.82) is 0 Å². The number of unbranched alkanes of at least 4 members (excludes halogenated alkanes) is 1. The largest absolute Gasteiger partial charge is 0.352 e. The highest BCUT2D eigenvalue weighted by molar-refractivity contribution is 7.80. The Morgan fingerprint density at radius 3 is 2.57 bits per heavy atom. The van der Waals surface area contributed by atoms with E-state index in [-0.39, 0.29) is 11.0 Å². The summed E-state index contributed by atoms with van der Waals surface area (Å²) in [5.74, 6) is -0.591. The predicted molar refractivity (Wildman–Crippen MR) is 119 cm³/mol. The maximum Gasteiger partial charge on any atom is 0.253 e. The molecule has 0 bridgehead atoms. The summed E-state index contributed by atoms with van der Waals surface area (Å²) in [5.41, 5.74) is 1.71. The molecular weight excluding hydrogens is 394 g/mol. The standard InChI is InChI=1S/C21H22ClN3O2S/c1-2-3-14-23-20(27)16-9-5-7-11-18(16)24-21(28)25-19(26)13-12-15-8-4-6-10-17(15)22/h4-13H,2-3,14H2,1H3,(H,23,27)(H2,24,25,26,28)/b13-12+. The Hall–Kier alpha value is -2.70. The summed E-state index contributed by atoms with van der Waals surface area (Å²) < 4.78 is 0. The van der Waals surface area contributed by atoms with Crippen molar-refractivity contribution in [3.05, 3.63) is 70.8 Å². The van der Waals surface area contributed by atoms with Gasteiger partial charge in [0.25, 0.3) is 5.91 Å². The molecule has 146 valence electrons. The fourth-order valence-corrected chi connectivity index (χ4v) is 2.76. The van der Waals surface area contributed by atoms with Crippen molar-refractivity contribution in [2.45, 2.75) is 19.8 Å². The Morgan fingerprint density at radius 1 is 1.11 bits per heavy atom. The van der Waals surface area contributed by atoms with Gasteiger partial charge in [0.15, 0.2) is 5.11 Å². The zero-order valence-corrected chi connectivity index (χ0v) is 17.1. The van der Waals surface area contributed by atoms with Gasteiger partial charge in [-0.3, -0.25) is 14.9 Å². The first-order valence-electron chi connectivity index (χ1n) is 8.93. The molecule has 0 atom stereocenters. The molecule has 0 heterocycles. The van der Waals surface area contributed by atoms with Crippen molar-refractivity contribution in [1.82, 2.24) is 10.6 Å². The summed E-state index contributed by atoms with van der Waals surface area (Å²) in [4.78, 5) is 24.4. The lowest BCUT2D eigenvalue weighted by atomic mass is 10.1. The lowest BCUT2D eigenvalue weighted by molar-refractivity contribution is -0.115. The van der Waals surface area contributed by atoms with Gasteiger partial charge in [0.05, 0.1) is 11.3 Å². The van der Waals surface area contributed by atoms with E-state index in [0.29, 0.717) is 22.8 Å². The Labute approximate surface area is 175 Å². The van der Waals surface area contributed by atoms with Gasteiger partial charge >= 0.3 is 0 Å². The minimum Gasteiger partial charge on any atom is -0.352 e. The molecule has 0 saturated heterocycles. The van der Waals surface area contributed by atoms with E-state index in [9.17, 15) is 9.59 Å². The van der Waals surface area contributed by atoms with E-state index in [1.165, 1.54) is 6.08 Å². The van der Waals surface area contributed by atoms with Gasteiger partial charge in [0.1, 0.15) is 0 Å². The first-order valence-corrected chi connectivity index (χ1v) is 9.71. The zero-order valence-electron chi connectivity index (χ0n) is 15.5. The first kappa shape index (κ1) is 21.6. The molecule has 0 aromatic heterocycles. The van der Waals surface area contributed by atoms with E-state index in [1.54, 1.807) is 42.5 Å². The van der Waals surface area contributed by atoms with Crippen molar-refractivity contribution < 1.29 is 9.59 Å². The van der Waals surface area contributed by atoms with Gasteiger partial charge in [0.2, 0.25) is 5.91 Å². The Kier molecular flexibility index (Phi) is 8.65. The van der Waals surface area contributed by atoms with E-state index >= 15 is 0 Å². The monoisotopic (exact) mass is 415 g/mol. The van der Waals surface area contributed by atoms with Crippen molar-refractivity contribution in [2.24, 2.45) is 0 Å². The van der Waals surface area contributed by atoms with Crippen LogP contribution in [0.15, 0.2) is 54.6 Å². The topological polar surface area (TPSA) is 70.2 Å². The highest BCUT2D eigenvalue weighted by atomic mass is 35.5. The maximum absolute atomic E-state index is 12.3. The molecule has 0 spiro atoms. The number of rotatable bonds is 7. The normalized spacial score (nSPS) is 10.5. The third kappa shape index (κ3) is 6.79. The lowest BCUT2D eigenvalue weighted by Gasteiger charge is -2.13. The minimum atomic E-state index is -0.401. The van der Waals surface area contributed by atoms with Crippen LogP contribution in [0.2, 0.25) is 5.02 Å². The SMILES string of the molecule is CCCCNC(=O)c1ccccc1NC(=S)NC(=O)/C=C/c1ccccc1Cl. The Bertz CT molecular complexity index is 883. The number of halogens is 1. The molecule has 0 aliphatic carbocycles. The van der Waals surface area contributed by atoms with Gasteiger partial charge in [-0.25, -0.2) is 0 Å². The second-order valence-electron chi connectivity index (χ2n) is 5.95. The summed E-state index contributed by atoms with van der Waals surface area (Å²) in [6.45, 7) is 2.67. The van der Waals surface area contributed by atoms with Crippen LogP contribution in [-0.4, -0.2) is 23.5 Å². The minimum absolute atomic E-state index is 0.0996. The third-order valence-electron chi connectivity index (χ3n) is 3.79. The molecule has 28 heavy (non-hydrogen) atoms. The number of carbonyl (C=O) groups is 2. The number of carbonyl (C=O) groups excluding carboxylic acids is 2. The van der Waals surface area contributed by atoms with Crippen LogP contribution in [0.4, 0.5) is 5.69 Å². The van der Waals surface area contributed by atoms with E-state index in [1.807, 2.05) is 12.1 Å². The van der Waals surface area contributed by atoms with Gasteiger partial charge < -0.3 is 10.6 Å². The highest BCUT2D eigenvalue weighted by Crippen LogP contribution is 2.16. The molecule has 2 rings (SSSR count). The van der Waals surface area contributed by atoms with Crippen LogP contribution in [0, 0.1) is 0 Å². The van der Waals surface area contributed by atoms with Crippen molar-refractivity contribution >= 4 is 52.5 Å². The lowest BCUT2D eigenvalue weighted by Crippen LogP contribution is -2.34. The van der Waals surface area contributed by atoms with Crippen LogP contribution in [0.5, 0.6) is 0 Å². The molecule has 2 aromatic carbocycles. The fraction of sp³-hybridized carbons (Fsp3) is 0.190. The quantitative estimate of drug-likeness (QED) is 0.356. The van der Waals surface area contributed by atoms with E-state index in [4.69, 9.17) is 23.8 Å². The summed E-state index contributed by atoms with van der Waals surface area (Å²) in [6.07, 6.45) is 4.86. The average molecular weight is 416 g/mol. The van der Waals surface area contributed by atoms with E-state index < -0.39 is 5.91 Å². The predicted octanol–water partition coefficient (Wildman–Crippen LogP) is 4.40. The van der Waals surface area contributed by atoms with Crippen LogP contribution in [0.1, 0.15) is 35.7 Å². The number of benzene rings is 2. The summed E-state index contributed by atoms with van der Waals surface area (Å²) >= 11 is 11.2. The number of thiocarbonyl (C=S) groups is 1. The van der Waals surface area contributed by atoms with E-state index in [2.05, 4.69) is 22.9 Å². The van der Waals surface area contributed by atoms with Gasteiger partial charge in [-0.15, -0.1) is 0 Å². The Balaban J connectivity index is 1.96. The van der Waals surface area contributed by atoms with Crippen LogP contribution in [0.25, 0.3) is 6.08 Å². The molecule has 0 aliphatic heterocycles.